The van der Waals surface area contributed by atoms with Gasteiger partial charge in [0.05, 0.1) is 42.5 Å². The van der Waals surface area contributed by atoms with E-state index in [1.807, 2.05) is 43.3 Å². The average molecular weight is 441 g/mol. The third kappa shape index (κ3) is 5.24. The van der Waals surface area contributed by atoms with E-state index >= 15 is 0 Å². The van der Waals surface area contributed by atoms with Crippen LogP contribution in [-0.4, -0.2) is 28.0 Å². The van der Waals surface area contributed by atoms with Gasteiger partial charge in [-0.15, -0.1) is 0 Å². The first-order chi connectivity index (χ1) is 16.0. The van der Waals surface area contributed by atoms with Crippen LogP contribution in [0.1, 0.15) is 28.9 Å². The van der Waals surface area contributed by atoms with Crippen LogP contribution in [0.25, 0.3) is 11.3 Å². The van der Waals surface area contributed by atoms with E-state index in [4.69, 9.17) is 10.5 Å². The van der Waals surface area contributed by atoms with Gasteiger partial charge >= 0.3 is 0 Å². The summed E-state index contributed by atoms with van der Waals surface area (Å²) >= 11 is 0. The number of nitrogen functional groups attached to an aromatic ring is 1. The van der Waals surface area contributed by atoms with E-state index in [0.717, 1.165) is 11.1 Å². The summed E-state index contributed by atoms with van der Waals surface area (Å²) in [5.74, 6) is 1.00. The molecule has 4 N–H and O–H groups in total. The Hall–Kier alpha value is -4.46. The van der Waals surface area contributed by atoms with Crippen molar-refractivity contribution in [2.75, 3.05) is 23.5 Å². The van der Waals surface area contributed by atoms with Crippen molar-refractivity contribution in [2.24, 2.45) is 0 Å². The highest BCUT2D eigenvalue weighted by Gasteiger charge is 2.11. The molecule has 0 saturated carbocycles. The Labute approximate surface area is 191 Å². The maximum Gasteiger partial charge on any atom is 0.257 e. The number of ether oxygens (including phenoxy) is 1. The third-order valence-corrected chi connectivity index (χ3v) is 5.10. The summed E-state index contributed by atoms with van der Waals surface area (Å²) in [5.41, 5.74) is 10.2. The first-order valence-electron chi connectivity index (χ1n) is 10.4. The Morgan fingerprint density at radius 1 is 1.03 bits per heavy atom. The van der Waals surface area contributed by atoms with Gasteiger partial charge in [-0.1, -0.05) is 18.2 Å². The molecule has 2 aromatic heterocycles. The van der Waals surface area contributed by atoms with Crippen LogP contribution in [0, 0.1) is 0 Å². The predicted molar refractivity (Wildman–Crippen MR) is 129 cm³/mol. The summed E-state index contributed by atoms with van der Waals surface area (Å²) in [4.78, 5) is 25.4. The molecule has 4 rings (SSSR count). The zero-order chi connectivity index (χ0) is 23.2. The van der Waals surface area contributed by atoms with E-state index in [-0.39, 0.29) is 11.9 Å². The number of nitrogens with two attached hydrogens (primary N) is 1. The van der Waals surface area contributed by atoms with Crippen LogP contribution >= 0.6 is 0 Å². The fraction of sp³-hybridized carbons (Fsp3) is 0.120. The van der Waals surface area contributed by atoms with Gasteiger partial charge in [0, 0.05) is 23.6 Å². The number of aromatic nitrogens is 3. The van der Waals surface area contributed by atoms with E-state index < -0.39 is 0 Å². The van der Waals surface area contributed by atoms with Crippen molar-refractivity contribution in [2.45, 2.75) is 13.0 Å². The molecule has 0 aliphatic carbocycles. The number of methoxy groups -OCH3 is 1. The molecule has 0 saturated heterocycles. The topological polar surface area (TPSA) is 115 Å². The van der Waals surface area contributed by atoms with Crippen molar-refractivity contribution in [1.29, 1.82) is 0 Å². The van der Waals surface area contributed by atoms with Gasteiger partial charge in [-0.2, -0.15) is 0 Å². The molecular formula is C25H24N6O2. The van der Waals surface area contributed by atoms with E-state index in [0.29, 0.717) is 34.2 Å². The molecular weight excluding hydrogens is 416 g/mol. The lowest BCUT2D eigenvalue weighted by atomic mass is 10.1. The van der Waals surface area contributed by atoms with Crippen LogP contribution in [0.4, 0.5) is 17.2 Å². The molecule has 33 heavy (non-hydrogen) atoms. The normalized spacial score (nSPS) is 11.5. The lowest BCUT2D eigenvalue weighted by Gasteiger charge is -2.17. The third-order valence-electron chi connectivity index (χ3n) is 5.10. The Morgan fingerprint density at radius 3 is 2.70 bits per heavy atom. The number of rotatable bonds is 7. The second-order valence-corrected chi connectivity index (χ2v) is 7.43. The van der Waals surface area contributed by atoms with Gasteiger partial charge in [0.1, 0.15) is 11.6 Å². The summed E-state index contributed by atoms with van der Waals surface area (Å²) in [5, 5.41) is 6.27. The quantitative estimate of drug-likeness (QED) is 0.361. The summed E-state index contributed by atoms with van der Waals surface area (Å²) in [7, 11) is 1.58. The molecule has 8 heteroatoms. The number of benzene rings is 2. The molecule has 2 aromatic carbocycles. The minimum atomic E-state index is -0.210. The first-order valence-corrected chi connectivity index (χ1v) is 10.4. The van der Waals surface area contributed by atoms with Gasteiger partial charge in [0.15, 0.2) is 0 Å². The van der Waals surface area contributed by atoms with Crippen molar-refractivity contribution < 1.29 is 9.53 Å². The fourth-order valence-corrected chi connectivity index (χ4v) is 3.34. The highest BCUT2D eigenvalue weighted by atomic mass is 16.5. The summed E-state index contributed by atoms with van der Waals surface area (Å²) < 4.78 is 5.30. The summed E-state index contributed by atoms with van der Waals surface area (Å²) in [6, 6.07) is 16.5. The van der Waals surface area contributed by atoms with Crippen molar-refractivity contribution in [1.82, 2.24) is 15.0 Å². The van der Waals surface area contributed by atoms with Crippen LogP contribution in [0.2, 0.25) is 0 Å². The molecule has 0 aliphatic heterocycles. The van der Waals surface area contributed by atoms with Crippen LogP contribution in [0.3, 0.4) is 0 Å². The van der Waals surface area contributed by atoms with Crippen LogP contribution in [0.5, 0.6) is 5.75 Å². The van der Waals surface area contributed by atoms with Crippen molar-refractivity contribution in [3.05, 3.63) is 90.5 Å². The number of amides is 1. The minimum Gasteiger partial charge on any atom is -0.495 e. The smallest absolute Gasteiger partial charge is 0.257 e. The number of hydrogen-bond donors (Lipinski definition) is 3. The standard InChI is InChI=1S/C25H24N6O2/c1-16(17-5-3-7-20(11-17)30-25(32)19-6-4-10-27-13-19)29-24-15-28-14-22(31-24)18-8-9-21(26)23(12-18)33-2/h3-16H,26H2,1-2H3,(H,29,31)(H,30,32)/t16-/m0/s1. The molecule has 0 bridgehead atoms. The monoisotopic (exact) mass is 440 g/mol. The maximum atomic E-state index is 12.4. The van der Waals surface area contributed by atoms with Crippen LogP contribution < -0.4 is 21.1 Å². The number of pyridine rings is 1. The number of anilines is 3. The zero-order valence-electron chi connectivity index (χ0n) is 18.3. The summed E-state index contributed by atoms with van der Waals surface area (Å²) in [6.45, 7) is 2.02. The molecule has 166 valence electrons. The zero-order valence-corrected chi connectivity index (χ0v) is 18.3. The van der Waals surface area contributed by atoms with Gasteiger partial charge in [0.2, 0.25) is 0 Å². The van der Waals surface area contributed by atoms with Crippen LogP contribution in [0.15, 0.2) is 79.4 Å². The molecule has 1 amide bonds. The molecule has 1 atom stereocenters. The SMILES string of the molecule is COc1cc(-c2cncc(N[C@@H](C)c3cccc(NC(=O)c4cccnc4)c3)n2)ccc1N. The fourth-order valence-electron chi connectivity index (χ4n) is 3.34. The largest absolute Gasteiger partial charge is 0.495 e. The lowest BCUT2D eigenvalue weighted by Crippen LogP contribution is -2.13. The Balaban J connectivity index is 1.49. The van der Waals surface area contributed by atoms with Gasteiger partial charge in [0.25, 0.3) is 5.91 Å². The summed E-state index contributed by atoms with van der Waals surface area (Å²) in [6.07, 6.45) is 6.52. The minimum absolute atomic E-state index is 0.0780. The van der Waals surface area contributed by atoms with Crippen molar-refractivity contribution in [3.63, 3.8) is 0 Å². The average Bonchev–Trinajstić information content (AvgIpc) is 2.85. The Bertz CT molecular complexity index is 1260. The van der Waals surface area contributed by atoms with E-state index in [1.54, 1.807) is 43.9 Å². The number of nitrogens with one attached hydrogen (secondary N) is 2. The Kier molecular flexibility index (Phi) is 6.45. The van der Waals surface area contributed by atoms with Gasteiger partial charge in [-0.3, -0.25) is 14.8 Å². The molecule has 0 aliphatic rings. The number of carbonyl (C=O) groups excluding carboxylic acids is 1. The van der Waals surface area contributed by atoms with E-state index in [1.165, 1.54) is 6.20 Å². The molecule has 0 radical (unpaired) electrons. The highest BCUT2D eigenvalue weighted by Crippen LogP contribution is 2.28. The molecule has 2 heterocycles. The maximum absolute atomic E-state index is 12.4. The number of nitrogens with zero attached hydrogens (tertiary/aromatic N) is 3. The Morgan fingerprint density at radius 2 is 1.91 bits per heavy atom. The molecule has 0 spiro atoms. The molecule has 4 aromatic rings. The number of hydrogen-bond acceptors (Lipinski definition) is 7. The lowest BCUT2D eigenvalue weighted by molar-refractivity contribution is 0.102. The molecule has 0 fully saturated rings. The molecule has 8 nitrogen and oxygen atoms in total. The van der Waals surface area contributed by atoms with Crippen molar-refractivity contribution in [3.8, 4) is 17.0 Å². The van der Waals surface area contributed by atoms with Gasteiger partial charge in [-0.05, 0) is 48.9 Å². The molecule has 0 unspecified atom stereocenters. The first kappa shape index (κ1) is 21.8. The van der Waals surface area contributed by atoms with Crippen LogP contribution in [-0.2, 0) is 0 Å². The van der Waals surface area contributed by atoms with Gasteiger partial charge < -0.3 is 21.1 Å². The van der Waals surface area contributed by atoms with Gasteiger partial charge in [-0.25, -0.2) is 4.98 Å². The van der Waals surface area contributed by atoms with E-state index in [9.17, 15) is 4.79 Å². The van der Waals surface area contributed by atoms with E-state index in [2.05, 4.69) is 25.6 Å². The highest BCUT2D eigenvalue weighted by molar-refractivity contribution is 6.04. The second-order valence-electron chi connectivity index (χ2n) is 7.43. The predicted octanol–water partition coefficient (Wildman–Crippen LogP) is 4.55. The van der Waals surface area contributed by atoms with Crippen molar-refractivity contribution >= 4 is 23.1 Å². The second kappa shape index (κ2) is 9.78. The number of carbonyl (C=O) groups is 1.